The minimum Gasteiger partial charge on any atom is -0.508 e. The lowest BCUT2D eigenvalue weighted by Crippen LogP contribution is -1.97. The maximum Gasteiger partial charge on any atom is 0.336 e. The Hall–Kier alpha value is -1.97. The van der Waals surface area contributed by atoms with Crippen LogP contribution in [0.3, 0.4) is 0 Å². The molecule has 0 amide bonds. The largest absolute Gasteiger partial charge is 0.508 e. The van der Waals surface area contributed by atoms with E-state index in [0.717, 1.165) is 6.07 Å². The average molecular weight is 192 g/mol. The molecule has 0 fully saturated rings. The quantitative estimate of drug-likeness (QED) is 0.620. The lowest BCUT2D eigenvalue weighted by molar-refractivity contribution is 0.440. The summed E-state index contributed by atoms with van der Waals surface area (Å²) in [4.78, 5) is 11.0. The molecule has 0 saturated carbocycles. The van der Waals surface area contributed by atoms with Gasteiger partial charge in [0.25, 0.3) is 0 Å². The zero-order valence-corrected chi connectivity index (χ0v) is 7.44. The lowest BCUT2D eigenvalue weighted by atomic mass is 10.1. The fraction of sp³-hybridized carbons (Fsp3) is 0.100. The Morgan fingerprint density at radius 3 is 2.64 bits per heavy atom. The van der Waals surface area contributed by atoms with Crippen LogP contribution in [-0.2, 0) is 0 Å². The van der Waals surface area contributed by atoms with Crippen LogP contribution in [0.25, 0.3) is 11.0 Å². The summed E-state index contributed by atoms with van der Waals surface area (Å²) < 4.78 is 4.81. The maximum atomic E-state index is 11.0. The van der Waals surface area contributed by atoms with Crippen molar-refractivity contribution in [3.63, 3.8) is 0 Å². The lowest BCUT2D eigenvalue weighted by Gasteiger charge is -2.02. The van der Waals surface area contributed by atoms with Gasteiger partial charge in [0.15, 0.2) is 11.3 Å². The summed E-state index contributed by atoms with van der Waals surface area (Å²) in [5, 5.41) is 19.2. The summed E-state index contributed by atoms with van der Waals surface area (Å²) in [7, 11) is 0. The van der Waals surface area contributed by atoms with Crippen molar-refractivity contribution in [1.82, 2.24) is 0 Å². The van der Waals surface area contributed by atoms with E-state index in [9.17, 15) is 15.0 Å². The fourth-order valence-corrected chi connectivity index (χ4v) is 1.38. The number of hydrogen-bond acceptors (Lipinski definition) is 4. The second kappa shape index (κ2) is 2.77. The normalized spacial score (nSPS) is 10.6. The first-order valence-corrected chi connectivity index (χ1v) is 4.04. The van der Waals surface area contributed by atoms with Gasteiger partial charge < -0.3 is 14.6 Å². The molecule has 14 heavy (non-hydrogen) atoms. The molecule has 4 nitrogen and oxygen atoms in total. The number of aromatic hydroxyl groups is 2. The molecule has 1 aromatic heterocycles. The van der Waals surface area contributed by atoms with Gasteiger partial charge in [-0.05, 0) is 18.6 Å². The molecular weight excluding hydrogens is 184 g/mol. The van der Waals surface area contributed by atoms with Gasteiger partial charge in [-0.2, -0.15) is 0 Å². The topological polar surface area (TPSA) is 70.7 Å². The second-order valence-electron chi connectivity index (χ2n) is 3.09. The van der Waals surface area contributed by atoms with E-state index in [0.29, 0.717) is 10.9 Å². The molecule has 2 aromatic rings. The Kier molecular flexibility index (Phi) is 1.70. The summed E-state index contributed by atoms with van der Waals surface area (Å²) in [5.41, 5.74) is 0.242. The fourth-order valence-electron chi connectivity index (χ4n) is 1.38. The number of hydrogen-bond donors (Lipinski definition) is 2. The highest BCUT2D eigenvalue weighted by atomic mass is 16.4. The van der Waals surface area contributed by atoms with Crippen LogP contribution >= 0.6 is 0 Å². The van der Waals surface area contributed by atoms with Crippen molar-refractivity contribution in [2.24, 2.45) is 0 Å². The van der Waals surface area contributed by atoms with Crippen LogP contribution in [0, 0.1) is 6.92 Å². The highest BCUT2D eigenvalue weighted by Crippen LogP contribution is 2.30. The van der Waals surface area contributed by atoms with Crippen molar-refractivity contribution in [3.8, 4) is 11.5 Å². The number of fused-ring (bicyclic) bond motifs is 1. The van der Waals surface area contributed by atoms with E-state index in [2.05, 4.69) is 0 Å². The molecule has 0 unspecified atom stereocenters. The molecule has 1 heterocycles. The van der Waals surface area contributed by atoms with E-state index in [-0.39, 0.29) is 17.1 Å². The zero-order valence-electron chi connectivity index (χ0n) is 7.44. The first kappa shape index (κ1) is 8.62. The Labute approximate surface area is 79.0 Å². The minimum atomic E-state index is -0.518. The first-order valence-electron chi connectivity index (χ1n) is 4.04. The van der Waals surface area contributed by atoms with Crippen LogP contribution in [-0.4, -0.2) is 10.2 Å². The van der Waals surface area contributed by atoms with Crippen LogP contribution < -0.4 is 5.63 Å². The average Bonchev–Trinajstić information content (AvgIpc) is 2.07. The van der Waals surface area contributed by atoms with E-state index in [4.69, 9.17) is 4.42 Å². The van der Waals surface area contributed by atoms with Crippen molar-refractivity contribution < 1.29 is 14.6 Å². The van der Waals surface area contributed by atoms with Crippen molar-refractivity contribution in [2.45, 2.75) is 6.92 Å². The Morgan fingerprint density at radius 1 is 1.21 bits per heavy atom. The van der Waals surface area contributed by atoms with Crippen molar-refractivity contribution >= 4 is 11.0 Å². The number of rotatable bonds is 0. The third-order valence-electron chi connectivity index (χ3n) is 2.02. The summed E-state index contributed by atoms with van der Waals surface area (Å²) in [6.07, 6.45) is 0. The molecule has 2 rings (SSSR count). The zero-order chi connectivity index (χ0) is 10.3. The van der Waals surface area contributed by atoms with Crippen molar-refractivity contribution in [2.75, 3.05) is 0 Å². The Morgan fingerprint density at radius 2 is 1.93 bits per heavy atom. The number of aryl methyl sites for hydroxylation is 1. The third-order valence-corrected chi connectivity index (χ3v) is 2.02. The molecule has 0 bridgehead atoms. The summed E-state index contributed by atoms with van der Waals surface area (Å²) >= 11 is 0. The third kappa shape index (κ3) is 1.21. The molecule has 72 valence electrons. The second-order valence-corrected chi connectivity index (χ2v) is 3.09. The summed E-state index contributed by atoms with van der Waals surface area (Å²) in [5.74, 6) is -0.298. The predicted molar refractivity (Wildman–Crippen MR) is 50.6 cm³/mol. The molecule has 4 heteroatoms. The van der Waals surface area contributed by atoms with Gasteiger partial charge in [-0.1, -0.05) is 0 Å². The molecule has 2 N–H and O–H groups in total. The van der Waals surface area contributed by atoms with Gasteiger partial charge >= 0.3 is 5.63 Å². The summed E-state index contributed by atoms with van der Waals surface area (Å²) in [6.45, 7) is 1.71. The Balaban J connectivity index is 3.01. The standard InChI is InChI=1S/C10H8O4/c1-5-2-9(13)14-10-7(5)3-6(11)4-8(10)12/h2-4,11-12H,1H3. The van der Waals surface area contributed by atoms with E-state index >= 15 is 0 Å². The molecule has 0 saturated heterocycles. The van der Waals surface area contributed by atoms with Crippen LogP contribution in [0.5, 0.6) is 11.5 Å². The molecule has 0 aliphatic heterocycles. The molecule has 0 radical (unpaired) electrons. The number of phenolic OH excluding ortho intramolecular Hbond substituents is 2. The van der Waals surface area contributed by atoms with E-state index in [1.807, 2.05) is 0 Å². The first-order chi connectivity index (χ1) is 6.58. The molecule has 0 aliphatic carbocycles. The molecular formula is C10H8O4. The smallest absolute Gasteiger partial charge is 0.336 e. The molecule has 0 aliphatic rings. The van der Waals surface area contributed by atoms with Gasteiger partial charge in [0.05, 0.1) is 0 Å². The number of phenols is 2. The Bertz CT molecular complexity index is 554. The van der Waals surface area contributed by atoms with Gasteiger partial charge in [-0.25, -0.2) is 4.79 Å². The highest BCUT2D eigenvalue weighted by Gasteiger charge is 2.08. The van der Waals surface area contributed by atoms with Gasteiger partial charge in [0.1, 0.15) is 5.75 Å². The molecule has 0 atom stereocenters. The van der Waals surface area contributed by atoms with Crippen LogP contribution in [0.4, 0.5) is 0 Å². The van der Waals surface area contributed by atoms with E-state index in [1.165, 1.54) is 12.1 Å². The van der Waals surface area contributed by atoms with E-state index in [1.54, 1.807) is 6.92 Å². The SMILES string of the molecule is Cc1cc(=O)oc2c(O)cc(O)cc12. The van der Waals surface area contributed by atoms with Gasteiger partial charge in [-0.15, -0.1) is 0 Å². The predicted octanol–water partition coefficient (Wildman–Crippen LogP) is 1.51. The van der Waals surface area contributed by atoms with Crippen LogP contribution in [0.2, 0.25) is 0 Å². The number of benzene rings is 1. The van der Waals surface area contributed by atoms with Crippen molar-refractivity contribution in [1.29, 1.82) is 0 Å². The molecule has 1 aromatic carbocycles. The minimum absolute atomic E-state index is 0.0630. The van der Waals surface area contributed by atoms with E-state index < -0.39 is 5.63 Å². The highest BCUT2D eigenvalue weighted by molar-refractivity contribution is 5.86. The molecule has 0 spiro atoms. The van der Waals surface area contributed by atoms with Crippen LogP contribution in [0.15, 0.2) is 27.4 Å². The van der Waals surface area contributed by atoms with Gasteiger partial charge in [0, 0.05) is 17.5 Å². The van der Waals surface area contributed by atoms with Gasteiger partial charge in [-0.3, -0.25) is 0 Å². The van der Waals surface area contributed by atoms with Gasteiger partial charge in [0.2, 0.25) is 0 Å². The summed E-state index contributed by atoms with van der Waals surface area (Å²) in [6, 6.07) is 3.87. The monoisotopic (exact) mass is 192 g/mol. The van der Waals surface area contributed by atoms with Crippen LogP contribution in [0.1, 0.15) is 5.56 Å². The van der Waals surface area contributed by atoms with Crippen molar-refractivity contribution in [3.05, 3.63) is 34.2 Å². The maximum absolute atomic E-state index is 11.0.